The van der Waals surface area contributed by atoms with E-state index in [4.69, 9.17) is 4.74 Å². The van der Waals surface area contributed by atoms with Crippen molar-refractivity contribution >= 4 is 22.8 Å². The van der Waals surface area contributed by atoms with Crippen molar-refractivity contribution in [1.29, 1.82) is 0 Å². The number of ether oxygens (including phenoxy) is 1. The molecule has 0 unspecified atom stereocenters. The minimum atomic E-state index is -0.227. The molecule has 3 aromatic rings. The number of nitrogens with one attached hydrogen (secondary N) is 2. The van der Waals surface area contributed by atoms with Crippen LogP contribution in [0.5, 0.6) is 0 Å². The van der Waals surface area contributed by atoms with Gasteiger partial charge in [0.15, 0.2) is 5.69 Å². The zero-order valence-electron chi connectivity index (χ0n) is 16.3. The van der Waals surface area contributed by atoms with E-state index < -0.39 is 0 Å². The number of amides is 1. The minimum absolute atomic E-state index is 0.0672. The summed E-state index contributed by atoms with van der Waals surface area (Å²) >= 11 is 0. The van der Waals surface area contributed by atoms with Crippen LogP contribution in [0.3, 0.4) is 0 Å². The Morgan fingerprint density at radius 3 is 2.86 bits per heavy atom. The Balaban J connectivity index is 1.43. The zero-order valence-corrected chi connectivity index (χ0v) is 16.3. The largest absolute Gasteiger partial charge is 0.466 e. The van der Waals surface area contributed by atoms with Gasteiger partial charge in [-0.05, 0) is 44.6 Å². The van der Waals surface area contributed by atoms with Gasteiger partial charge in [0.25, 0.3) is 5.91 Å². The van der Waals surface area contributed by atoms with E-state index in [-0.39, 0.29) is 17.9 Å². The van der Waals surface area contributed by atoms with E-state index in [0.717, 1.165) is 31.1 Å². The Labute approximate surface area is 167 Å². The van der Waals surface area contributed by atoms with Crippen molar-refractivity contribution < 1.29 is 14.3 Å². The molecule has 0 bridgehead atoms. The van der Waals surface area contributed by atoms with Gasteiger partial charge in [-0.15, -0.1) is 0 Å². The summed E-state index contributed by atoms with van der Waals surface area (Å²) in [6, 6.07) is 1.93. The van der Waals surface area contributed by atoms with Crippen LogP contribution in [0.2, 0.25) is 0 Å². The Bertz CT molecular complexity index is 989. The van der Waals surface area contributed by atoms with Gasteiger partial charge in [-0.2, -0.15) is 5.10 Å². The smallest absolute Gasteiger partial charge is 0.306 e. The molecule has 0 spiro atoms. The normalized spacial score (nSPS) is 19.2. The molecule has 1 aliphatic carbocycles. The maximum atomic E-state index is 13.0. The second-order valence-corrected chi connectivity index (χ2v) is 7.33. The quantitative estimate of drug-likeness (QED) is 0.618. The minimum Gasteiger partial charge on any atom is -0.466 e. The maximum absolute atomic E-state index is 13.0. The molecule has 1 saturated carbocycles. The highest BCUT2D eigenvalue weighted by Gasteiger charge is 2.26. The summed E-state index contributed by atoms with van der Waals surface area (Å²) < 4.78 is 6.79. The fourth-order valence-corrected chi connectivity index (χ4v) is 3.85. The first-order valence-corrected chi connectivity index (χ1v) is 9.93. The van der Waals surface area contributed by atoms with Crippen molar-refractivity contribution in [1.82, 2.24) is 30.0 Å². The van der Waals surface area contributed by atoms with Gasteiger partial charge >= 0.3 is 5.97 Å². The zero-order chi connectivity index (χ0) is 20.2. The molecule has 29 heavy (non-hydrogen) atoms. The summed E-state index contributed by atoms with van der Waals surface area (Å²) in [5, 5.41) is 10.8. The summed E-state index contributed by atoms with van der Waals surface area (Å²) in [5.41, 5.74) is 0.930. The molecule has 4 rings (SSSR count). The molecule has 0 aromatic carbocycles. The molecule has 0 radical (unpaired) electrons. The topological polar surface area (TPSA) is 115 Å². The molecular formula is C20H24N6O3. The van der Waals surface area contributed by atoms with Gasteiger partial charge in [0.1, 0.15) is 12.1 Å². The molecule has 9 nitrogen and oxygen atoms in total. The molecule has 9 heteroatoms. The van der Waals surface area contributed by atoms with Crippen molar-refractivity contribution in [2.24, 2.45) is 5.92 Å². The third-order valence-corrected chi connectivity index (χ3v) is 5.34. The summed E-state index contributed by atoms with van der Waals surface area (Å²) in [7, 11) is 0. The van der Waals surface area contributed by atoms with Crippen LogP contribution in [-0.4, -0.2) is 49.3 Å². The predicted molar refractivity (Wildman–Crippen MR) is 105 cm³/mol. The first-order valence-electron chi connectivity index (χ1n) is 9.93. The fraction of sp³-hybridized carbons (Fsp3) is 0.450. The number of fused-ring (bicyclic) bond motifs is 1. The van der Waals surface area contributed by atoms with Gasteiger partial charge in [0.05, 0.1) is 18.3 Å². The van der Waals surface area contributed by atoms with Crippen LogP contribution in [0.25, 0.3) is 16.7 Å². The van der Waals surface area contributed by atoms with Gasteiger partial charge in [0.2, 0.25) is 0 Å². The average Bonchev–Trinajstić information content (AvgIpc) is 3.40. The van der Waals surface area contributed by atoms with E-state index in [1.165, 1.54) is 0 Å². The van der Waals surface area contributed by atoms with Crippen LogP contribution < -0.4 is 5.32 Å². The molecule has 3 heterocycles. The molecular weight excluding hydrogens is 372 g/mol. The molecule has 1 aliphatic rings. The molecule has 0 saturated heterocycles. The summed E-state index contributed by atoms with van der Waals surface area (Å²) in [4.78, 5) is 33.2. The number of H-pyrrole nitrogens is 1. The van der Waals surface area contributed by atoms with E-state index >= 15 is 0 Å². The molecule has 1 fully saturated rings. The van der Waals surface area contributed by atoms with E-state index in [0.29, 0.717) is 36.0 Å². The Kier molecular flexibility index (Phi) is 5.55. The third-order valence-electron chi connectivity index (χ3n) is 5.34. The highest BCUT2D eigenvalue weighted by molar-refractivity contribution is 6.04. The van der Waals surface area contributed by atoms with Gasteiger partial charge < -0.3 is 10.1 Å². The number of carbonyl (C=O) groups is 2. The Morgan fingerprint density at radius 1 is 1.31 bits per heavy atom. The van der Waals surface area contributed by atoms with Gasteiger partial charge in [0, 0.05) is 30.2 Å². The molecule has 1 amide bonds. The highest BCUT2D eigenvalue weighted by atomic mass is 16.5. The van der Waals surface area contributed by atoms with E-state index in [1.54, 1.807) is 29.5 Å². The highest BCUT2D eigenvalue weighted by Crippen LogP contribution is 2.27. The fourth-order valence-electron chi connectivity index (χ4n) is 3.85. The summed E-state index contributed by atoms with van der Waals surface area (Å²) in [5.74, 6) is 0.570. The first-order chi connectivity index (χ1) is 14.1. The van der Waals surface area contributed by atoms with Crippen LogP contribution in [-0.2, 0) is 9.53 Å². The lowest BCUT2D eigenvalue weighted by Crippen LogP contribution is -2.38. The van der Waals surface area contributed by atoms with Crippen molar-refractivity contribution in [2.45, 2.75) is 45.1 Å². The molecule has 3 aromatic heterocycles. The SMILES string of the molecule is CCOC(=O)CC1CCC(NC(=O)c2nc(-n3ccnc3)cc3cn[nH]c23)CC1. The van der Waals surface area contributed by atoms with E-state index in [2.05, 4.69) is 25.5 Å². The number of hydrogen-bond donors (Lipinski definition) is 2. The average molecular weight is 396 g/mol. The molecule has 152 valence electrons. The van der Waals surface area contributed by atoms with E-state index in [9.17, 15) is 9.59 Å². The lowest BCUT2D eigenvalue weighted by molar-refractivity contribution is -0.144. The number of esters is 1. The second kappa shape index (κ2) is 8.42. The Morgan fingerprint density at radius 2 is 2.14 bits per heavy atom. The van der Waals surface area contributed by atoms with Gasteiger partial charge in [-0.25, -0.2) is 9.97 Å². The van der Waals surface area contributed by atoms with Crippen LogP contribution >= 0.6 is 0 Å². The standard InChI is InChI=1S/C20H24N6O3/c1-2-29-17(27)9-13-3-5-15(6-4-13)23-20(28)19-18-14(11-22-25-18)10-16(24-19)26-8-7-21-12-26/h7-8,10-13,15H,2-6,9H2,1H3,(H,22,25)(H,23,28). The summed E-state index contributed by atoms with van der Waals surface area (Å²) in [6.45, 7) is 2.23. The number of aromatic amines is 1. The lowest BCUT2D eigenvalue weighted by atomic mass is 9.84. The van der Waals surface area contributed by atoms with E-state index in [1.807, 2.05) is 13.0 Å². The number of hydrogen-bond acceptors (Lipinski definition) is 6. The number of carbonyl (C=O) groups excluding carboxylic acids is 2. The van der Waals surface area contributed by atoms with Crippen LogP contribution in [0.15, 0.2) is 31.0 Å². The number of aromatic nitrogens is 5. The van der Waals surface area contributed by atoms with Crippen LogP contribution in [0.4, 0.5) is 0 Å². The number of pyridine rings is 1. The predicted octanol–water partition coefficient (Wildman–Crippen LogP) is 2.39. The maximum Gasteiger partial charge on any atom is 0.306 e. The molecule has 2 N–H and O–H groups in total. The number of nitrogens with zero attached hydrogens (tertiary/aromatic N) is 4. The van der Waals surface area contributed by atoms with Gasteiger partial charge in [-0.1, -0.05) is 0 Å². The Hall–Kier alpha value is -3.23. The first kappa shape index (κ1) is 19.1. The van der Waals surface area contributed by atoms with Crippen molar-refractivity contribution in [3.63, 3.8) is 0 Å². The summed E-state index contributed by atoms with van der Waals surface area (Å²) in [6.07, 6.45) is 10.7. The second-order valence-electron chi connectivity index (χ2n) is 7.33. The molecule has 0 atom stereocenters. The van der Waals surface area contributed by atoms with Crippen LogP contribution in [0.1, 0.15) is 49.5 Å². The number of imidazole rings is 1. The van der Waals surface area contributed by atoms with Crippen molar-refractivity contribution in [3.8, 4) is 5.82 Å². The number of rotatable bonds is 6. The van der Waals surface area contributed by atoms with Crippen molar-refractivity contribution in [3.05, 3.63) is 36.7 Å². The monoisotopic (exact) mass is 396 g/mol. The van der Waals surface area contributed by atoms with Crippen LogP contribution in [0, 0.1) is 5.92 Å². The lowest BCUT2D eigenvalue weighted by Gasteiger charge is -2.28. The van der Waals surface area contributed by atoms with Crippen molar-refractivity contribution in [2.75, 3.05) is 6.61 Å². The van der Waals surface area contributed by atoms with Gasteiger partial charge in [-0.3, -0.25) is 19.3 Å². The third kappa shape index (κ3) is 4.28. The molecule has 0 aliphatic heterocycles.